The normalized spacial score (nSPS) is 21.4. The lowest BCUT2D eigenvalue weighted by Gasteiger charge is -2.41. The van der Waals surface area contributed by atoms with Crippen LogP contribution in [0.4, 0.5) is 5.13 Å². The van der Waals surface area contributed by atoms with Crippen LogP contribution in [0.2, 0.25) is 0 Å². The van der Waals surface area contributed by atoms with Crippen molar-refractivity contribution in [1.29, 1.82) is 0 Å². The van der Waals surface area contributed by atoms with Crippen molar-refractivity contribution in [1.82, 2.24) is 14.8 Å². The highest BCUT2D eigenvalue weighted by atomic mass is 32.1. The third kappa shape index (κ3) is 4.08. The molecule has 1 aliphatic heterocycles. The van der Waals surface area contributed by atoms with Crippen LogP contribution >= 0.6 is 11.3 Å². The number of carbonyl (C=O) groups is 1. The van der Waals surface area contributed by atoms with Gasteiger partial charge in [-0.15, -0.1) is 0 Å². The van der Waals surface area contributed by atoms with Gasteiger partial charge in [-0.3, -0.25) is 14.6 Å². The first kappa shape index (κ1) is 19.3. The lowest BCUT2D eigenvalue weighted by molar-refractivity contribution is -0.120. The first-order valence-corrected chi connectivity index (χ1v) is 10.4. The predicted molar refractivity (Wildman–Crippen MR) is 110 cm³/mol. The van der Waals surface area contributed by atoms with Gasteiger partial charge in [0.05, 0.1) is 16.8 Å². The number of amides is 1. The molecule has 0 spiro atoms. The fourth-order valence-electron chi connectivity index (χ4n) is 3.97. The molecule has 1 amide bonds. The summed E-state index contributed by atoms with van der Waals surface area (Å²) in [7, 11) is 2.09. The van der Waals surface area contributed by atoms with E-state index in [1.807, 2.05) is 30.0 Å². The van der Waals surface area contributed by atoms with Crippen LogP contribution in [-0.2, 0) is 4.79 Å². The number of nitrogens with zero attached hydrogens (tertiary/aromatic N) is 4. The highest BCUT2D eigenvalue weighted by Crippen LogP contribution is 2.29. The van der Waals surface area contributed by atoms with Gasteiger partial charge in [0.1, 0.15) is 0 Å². The number of benzene rings is 1. The van der Waals surface area contributed by atoms with Gasteiger partial charge in [0.25, 0.3) is 0 Å². The van der Waals surface area contributed by atoms with E-state index in [1.165, 1.54) is 0 Å². The van der Waals surface area contributed by atoms with E-state index < -0.39 is 0 Å². The number of thiazole rings is 1. The van der Waals surface area contributed by atoms with Gasteiger partial charge in [-0.25, -0.2) is 4.98 Å². The molecule has 0 saturated carbocycles. The second-order valence-electron chi connectivity index (χ2n) is 7.24. The highest BCUT2D eigenvalue weighted by molar-refractivity contribution is 7.22. The van der Waals surface area contributed by atoms with Crippen LogP contribution in [-0.4, -0.2) is 66.5 Å². The van der Waals surface area contributed by atoms with Crippen molar-refractivity contribution in [2.24, 2.45) is 5.92 Å². The van der Waals surface area contributed by atoms with Gasteiger partial charge in [0.2, 0.25) is 5.91 Å². The topological polar surface area (TPSA) is 39.7 Å². The van der Waals surface area contributed by atoms with Crippen molar-refractivity contribution >= 4 is 32.6 Å². The van der Waals surface area contributed by atoms with E-state index in [2.05, 4.69) is 41.7 Å². The zero-order valence-corrected chi connectivity index (χ0v) is 17.1. The molecule has 1 aromatic heterocycles. The Labute approximate surface area is 160 Å². The Kier molecular flexibility index (Phi) is 6.27. The fourth-order valence-corrected chi connectivity index (χ4v) is 5.02. The van der Waals surface area contributed by atoms with Crippen LogP contribution in [0.5, 0.6) is 0 Å². The maximum Gasteiger partial charge on any atom is 0.242 e. The summed E-state index contributed by atoms with van der Waals surface area (Å²) in [5.41, 5.74) is 0.965. The lowest BCUT2D eigenvalue weighted by Crippen LogP contribution is -2.51. The second-order valence-corrected chi connectivity index (χ2v) is 8.25. The summed E-state index contributed by atoms with van der Waals surface area (Å²) in [6, 6.07) is 8.53. The van der Waals surface area contributed by atoms with E-state index in [0.717, 1.165) is 41.4 Å². The number of anilines is 1. The van der Waals surface area contributed by atoms with Crippen LogP contribution in [0.25, 0.3) is 10.2 Å². The van der Waals surface area contributed by atoms with Gasteiger partial charge < -0.3 is 4.90 Å². The minimum absolute atomic E-state index is 0.138. The number of fused-ring (bicyclic) bond motifs is 1. The summed E-state index contributed by atoms with van der Waals surface area (Å²) in [5, 5.41) is 0.806. The Morgan fingerprint density at radius 2 is 2.12 bits per heavy atom. The van der Waals surface area contributed by atoms with Crippen LogP contribution in [0, 0.1) is 5.92 Å². The molecule has 1 fully saturated rings. The monoisotopic (exact) mass is 374 g/mol. The number of hydrogen-bond donors (Lipinski definition) is 0. The Hall–Kier alpha value is -1.50. The molecule has 0 aliphatic carbocycles. The Morgan fingerprint density at radius 1 is 1.35 bits per heavy atom. The average Bonchev–Trinajstić information content (AvgIpc) is 3.05. The number of aromatic nitrogens is 1. The van der Waals surface area contributed by atoms with Crippen LogP contribution in [0.1, 0.15) is 27.2 Å². The number of piperidine rings is 1. The number of hydrogen-bond acceptors (Lipinski definition) is 5. The van der Waals surface area contributed by atoms with Crippen molar-refractivity contribution in [2.75, 3.05) is 44.7 Å². The molecule has 0 radical (unpaired) electrons. The molecule has 0 N–H and O–H groups in total. The maximum atomic E-state index is 13.0. The van der Waals surface area contributed by atoms with Crippen LogP contribution in [0.3, 0.4) is 0 Å². The number of carbonyl (C=O) groups excluding carboxylic acids is 1. The molecule has 26 heavy (non-hydrogen) atoms. The van der Waals surface area contributed by atoms with E-state index in [0.29, 0.717) is 25.0 Å². The molecule has 1 saturated heterocycles. The van der Waals surface area contributed by atoms with E-state index in [9.17, 15) is 4.79 Å². The number of likely N-dealkylation sites (tertiary alicyclic amines) is 1. The zero-order valence-electron chi connectivity index (χ0n) is 16.3. The summed E-state index contributed by atoms with van der Waals surface area (Å²) in [6.07, 6.45) is 1.13. The molecule has 2 heterocycles. The first-order valence-electron chi connectivity index (χ1n) is 9.62. The summed E-state index contributed by atoms with van der Waals surface area (Å²) in [6.45, 7) is 11.0. The maximum absolute atomic E-state index is 13.0. The SMILES string of the molecule is CCN1CC[C@@H](N(C)CC(=O)N(CC)c2nc3ccccc3s2)[C@H](C)C1. The lowest BCUT2D eigenvalue weighted by atomic mass is 9.92. The van der Waals surface area contributed by atoms with Crippen LogP contribution in [0.15, 0.2) is 24.3 Å². The number of likely N-dealkylation sites (N-methyl/N-ethyl adjacent to an activating group) is 2. The van der Waals surface area contributed by atoms with E-state index >= 15 is 0 Å². The molecule has 2 aromatic rings. The average molecular weight is 375 g/mol. The van der Waals surface area contributed by atoms with Crippen molar-refractivity contribution in [3.63, 3.8) is 0 Å². The fraction of sp³-hybridized carbons (Fsp3) is 0.600. The molecular formula is C20H30N4OS. The van der Waals surface area contributed by atoms with E-state index in [4.69, 9.17) is 0 Å². The molecule has 142 valence electrons. The molecule has 1 aromatic carbocycles. The molecule has 0 unspecified atom stereocenters. The van der Waals surface area contributed by atoms with Gasteiger partial charge in [0, 0.05) is 19.1 Å². The number of para-hydroxylation sites is 1. The Balaban J connectivity index is 1.67. The first-order chi connectivity index (χ1) is 12.5. The molecular weight excluding hydrogens is 344 g/mol. The summed E-state index contributed by atoms with van der Waals surface area (Å²) < 4.78 is 1.13. The predicted octanol–water partition coefficient (Wildman–Crippen LogP) is 3.31. The van der Waals surface area contributed by atoms with Crippen LogP contribution < -0.4 is 4.90 Å². The standard InChI is InChI=1S/C20H30N4OS/c1-5-23-12-11-17(15(3)13-23)22(4)14-19(25)24(6-2)20-21-16-9-7-8-10-18(16)26-20/h7-10,15,17H,5-6,11-14H2,1-4H3/t15-,17-/m1/s1. The minimum Gasteiger partial charge on any atom is -0.303 e. The molecule has 5 nitrogen and oxygen atoms in total. The highest BCUT2D eigenvalue weighted by Gasteiger charge is 2.30. The third-order valence-corrected chi connectivity index (χ3v) is 6.53. The van der Waals surface area contributed by atoms with E-state index in [-0.39, 0.29) is 5.91 Å². The van der Waals surface area contributed by atoms with Gasteiger partial charge in [-0.1, -0.05) is 37.3 Å². The quantitative estimate of drug-likeness (QED) is 0.778. The van der Waals surface area contributed by atoms with E-state index in [1.54, 1.807) is 11.3 Å². The summed E-state index contributed by atoms with van der Waals surface area (Å²) >= 11 is 1.59. The molecule has 1 aliphatic rings. The Bertz CT molecular complexity index is 713. The van der Waals surface area contributed by atoms with Gasteiger partial charge in [-0.2, -0.15) is 0 Å². The van der Waals surface area contributed by atoms with Crippen molar-refractivity contribution in [3.8, 4) is 0 Å². The van der Waals surface area contributed by atoms with Gasteiger partial charge >= 0.3 is 0 Å². The summed E-state index contributed by atoms with van der Waals surface area (Å²) in [4.78, 5) is 24.2. The minimum atomic E-state index is 0.138. The third-order valence-electron chi connectivity index (χ3n) is 5.47. The summed E-state index contributed by atoms with van der Waals surface area (Å²) in [5.74, 6) is 0.721. The Morgan fingerprint density at radius 3 is 2.77 bits per heavy atom. The van der Waals surface area contributed by atoms with Crippen molar-refractivity contribution in [3.05, 3.63) is 24.3 Å². The smallest absolute Gasteiger partial charge is 0.242 e. The molecule has 0 bridgehead atoms. The van der Waals surface area contributed by atoms with Crippen molar-refractivity contribution in [2.45, 2.75) is 33.2 Å². The second kappa shape index (κ2) is 8.46. The molecule has 6 heteroatoms. The van der Waals surface area contributed by atoms with Crippen molar-refractivity contribution < 1.29 is 4.79 Å². The largest absolute Gasteiger partial charge is 0.303 e. The molecule has 3 rings (SSSR count). The van der Waals surface area contributed by atoms with Gasteiger partial charge in [0.15, 0.2) is 5.13 Å². The van der Waals surface area contributed by atoms with Gasteiger partial charge in [-0.05, 0) is 51.5 Å². The number of rotatable bonds is 6. The zero-order chi connectivity index (χ0) is 18.7. The molecule has 2 atom stereocenters.